The van der Waals surface area contributed by atoms with Crippen molar-refractivity contribution in [1.82, 2.24) is 20.4 Å². The van der Waals surface area contributed by atoms with Crippen LogP contribution in [0.4, 0.5) is 0 Å². The second-order valence-corrected chi connectivity index (χ2v) is 9.68. The molecule has 4 aromatic rings. The van der Waals surface area contributed by atoms with Gasteiger partial charge in [0, 0.05) is 23.7 Å². The summed E-state index contributed by atoms with van der Waals surface area (Å²) in [5, 5.41) is 12.3. The monoisotopic (exact) mass is 532 g/mol. The second-order valence-electron chi connectivity index (χ2n) is 8.84. The van der Waals surface area contributed by atoms with Gasteiger partial charge in [-0.3, -0.25) is 4.79 Å². The van der Waals surface area contributed by atoms with Crippen molar-refractivity contribution in [3.63, 3.8) is 0 Å². The summed E-state index contributed by atoms with van der Waals surface area (Å²) in [5.74, 6) is 0.540. The normalized spacial score (nSPS) is 14.8. The van der Waals surface area contributed by atoms with E-state index in [0.717, 1.165) is 33.7 Å². The van der Waals surface area contributed by atoms with Crippen molar-refractivity contribution in [2.45, 2.75) is 19.5 Å². The number of benzene rings is 3. The molecule has 2 heterocycles. The molecular weight excluding hydrogens is 507 g/mol. The fraction of sp³-hybridized carbons (Fsp3) is 0.172. The number of halogens is 2. The number of hydrogen-bond donors (Lipinski definition) is 2. The van der Waals surface area contributed by atoms with E-state index in [1.807, 2.05) is 67.6 Å². The number of aromatic nitrogens is 2. The van der Waals surface area contributed by atoms with Crippen LogP contribution in [0.2, 0.25) is 10.0 Å². The van der Waals surface area contributed by atoms with Crippen LogP contribution < -0.4 is 15.4 Å². The Morgan fingerprint density at radius 1 is 1.08 bits per heavy atom. The third-order valence-corrected chi connectivity index (χ3v) is 6.90. The lowest BCUT2D eigenvalue weighted by atomic mass is 9.98. The van der Waals surface area contributed by atoms with Crippen molar-refractivity contribution < 1.29 is 9.53 Å². The molecule has 1 amide bonds. The van der Waals surface area contributed by atoms with Gasteiger partial charge in [0.05, 0.1) is 29.6 Å². The lowest BCUT2D eigenvalue weighted by Gasteiger charge is -2.20. The van der Waals surface area contributed by atoms with Crippen LogP contribution in [0.15, 0.2) is 72.8 Å². The highest BCUT2D eigenvalue weighted by Gasteiger charge is 2.29. The number of methoxy groups -OCH3 is 1. The van der Waals surface area contributed by atoms with Gasteiger partial charge in [-0.05, 0) is 60.0 Å². The molecule has 0 radical (unpaired) electrons. The van der Waals surface area contributed by atoms with Crippen molar-refractivity contribution in [2.24, 2.45) is 0 Å². The number of fused-ring (bicyclic) bond motifs is 1. The summed E-state index contributed by atoms with van der Waals surface area (Å²) in [4.78, 5) is 13.5. The van der Waals surface area contributed by atoms with Crippen LogP contribution >= 0.6 is 23.2 Å². The van der Waals surface area contributed by atoms with Gasteiger partial charge >= 0.3 is 0 Å². The first-order valence-corrected chi connectivity index (χ1v) is 12.7. The van der Waals surface area contributed by atoms with E-state index in [1.165, 1.54) is 0 Å². The summed E-state index contributed by atoms with van der Waals surface area (Å²) in [7, 11) is 1.64. The summed E-state index contributed by atoms with van der Waals surface area (Å²) in [6.45, 7) is 3.07. The summed E-state index contributed by atoms with van der Waals surface area (Å²) in [5.41, 5.74) is 5.68. The van der Waals surface area contributed by atoms with Crippen LogP contribution in [0.3, 0.4) is 0 Å². The highest BCUT2D eigenvalue weighted by Crippen LogP contribution is 2.33. The molecule has 1 aliphatic heterocycles. The zero-order valence-electron chi connectivity index (χ0n) is 20.5. The molecule has 1 unspecified atom stereocenters. The molecule has 5 rings (SSSR count). The number of hydrogen-bond acceptors (Lipinski definition) is 4. The van der Waals surface area contributed by atoms with Crippen LogP contribution in [0.1, 0.15) is 45.8 Å². The Morgan fingerprint density at radius 3 is 2.54 bits per heavy atom. The van der Waals surface area contributed by atoms with Crippen LogP contribution in [0, 0.1) is 0 Å². The molecular formula is C29H26Cl2N4O2. The zero-order valence-corrected chi connectivity index (χ0v) is 22.0. The molecule has 0 spiro atoms. The molecule has 1 aromatic heterocycles. The Balaban J connectivity index is 1.60. The van der Waals surface area contributed by atoms with E-state index in [2.05, 4.69) is 16.7 Å². The molecule has 1 atom stereocenters. The fourth-order valence-electron chi connectivity index (χ4n) is 4.47. The molecule has 8 heteroatoms. The summed E-state index contributed by atoms with van der Waals surface area (Å²) in [6, 6.07) is 22.7. The molecule has 188 valence electrons. The number of rotatable bonds is 6. The number of carbonyl (C=O) groups excluding carboxylic acids is 1. The molecule has 37 heavy (non-hydrogen) atoms. The predicted octanol–water partition coefficient (Wildman–Crippen LogP) is 6.32. The highest BCUT2D eigenvalue weighted by atomic mass is 35.5. The SMILES string of the molecule is COc1ccc(/C=C2\CNCc3c(C(=O)NC(C)c4ccccc4)nn(-c4ccc(Cl)cc4Cl)c32)cc1. The van der Waals surface area contributed by atoms with E-state index < -0.39 is 0 Å². The molecule has 0 aliphatic carbocycles. The summed E-state index contributed by atoms with van der Waals surface area (Å²) in [6.07, 6.45) is 2.08. The number of carbonyl (C=O) groups is 1. The molecule has 1 aliphatic rings. The minimum atomic E-state index is -0.246. The Bertz CT molecular complexity index is 1460. The number of nitrogens with zero attached hydrogens (tertiary/aromatic N) is 2. The third-order valence-electron chi connectivity index (χ3n) is 6.36. The van der Waals surface area contributed by atoms with Crippen molar-refractivity contribution >= 4 is 40.8 Å². The molecule has 6 nitrogen and oxygen atoms in total. The Morgan fingerprint density at radius 2 is 1.84 bits per heavy atom. The van der Waals surface area contributed by atoms with Crippen LogP contribution in [0.25, 0.3) is 17.3 Å². The first-order chi connectivity index (χ1) is 17.9. The minimum Gasteiger partial charge on any atom is -0.497 e. The van der Waals surface area contributed by atoms with Crippen molar-refractivity contribution in [3.8, 4) is 11.4 Å². The predicted molar refractivity (Wildman–Crippen MR) is 148 cm³/mol. The van der Waals surface area contributed by atoms with E-state index in [0.29, 0.717) is 34.5 Å². The van der Waals surface area contributed by atoms with Crippen molar-refractivity contribution in [2.75, 3.05) is 13.7 Å². The number of amides is 1. The lowest BCUT2D eigenvalue weighted by molar-refractivity contribution is 0.0933. The van der Waals surface area contributed by atoms with Gasteiger partial charge in [0.25, 0.3) is 5.91 Å². The van der Waals surface area contributed by atoms with Crippen LogP contribution in [-0.4, -0.2) is 29.3 Å². The average Bonchev–Trinajstić information content (AvgIpc) is 3.30. The van der Waals surface area contributed by atoms with Gasteiger partial charge in [0.15, 0.2) is 5.69 Å². The minimum absolute atomic E-state index is 0.181. The highest BCUT2D eigenvalue weighted by molar-refractivity contribution is 6.35. The van der Waals surface area contributed by atoms with Crippen molar-refractivity contribution in [3.05, 3.63) is 111 Å². The molecule has 0 saturated heterocycles. The van der Waals surface area contributed by atoms with Crippen LogP contribution in [0.5, 0.6) is 5.75 Å². The standard InChI is InChI=1S/C29H26Cl2N4O2/c1-18(20-6-4-3-5-7-20)33-29(36)27-24-17-32-16-21(14-19-8-11-23(37-2)12-9-19)28(24)35(34-27)26-13-10-22(30)15-25(26)31/h3-15,18,32H,16-17H2,1-2H3,(H,33,36)/b21-14+. The van der Waals surface area contributed by atoms with Gasteiger partial charge in [-0.15, -0.1) is 0 Å². The van der Waals surface area contributed by atoms with Gasteiger partial charge in [-0.2, -0.15) is 5.10 Å². The van der Waals surface area contributed by atoms with E-state index in [1.54, 1.807) is 23.9 Å². The van der Waals surface area contributed by atoms with Crippen molar-refractivity contribution in [1.29, 1.82) is 0 Å². The average molecular weight is 533 g/mol. The largest absolute Gasteiger partial charge is 0.497 e. The van der Waals surface area contributed by atoms with Gasteiger partial charge in [-0.25, -0.2) is 4.68 Å². The van der Waals surface area contributed by atoms with Gasteiger partial charge in [-0.1, -0.05) is 65.7 Å². The molecule has 0 fully saturated rings. The van der Waals surface area contributed by atoms with Gasteiger partial charge < -0.3 is 15.4 Å². The topological polar surface area (TPSA) is 68.2 Å². The number of ether oxygens (including phenoxy) is 1. The smallest absolute Gasteiger partial charge is 0.272 e. The fourth-order valence-corrected chi connectivity index (χ4v) is 4.96. The third kappa shape index (κ3) is 5.27. The quantitative estimate of drug-likeness (QED) is 0.304. The van der Waals surface area contributed by atoms with E-state index in [9.17, 15) is 4.79 Å². The maximum Gasteiger partial charge on any atom is 0.272 e. The Labute approximate surface area is 225 Å². The summed E-state index contributed by atoms with van der Waals surface area (Å²) >= 11 is 12.8. The van der Waals surface area contributed by atoms with E-state index in [4.69, 9.17) is 33.0 Å². The number of nitrogens with one attached hydrogen (secondary N) is 2. The maximum atomic E-state index is 13.5. The first-order valence-electron chi connectivity index (χ1n) is 11.9. The molecule has 2 N–H and O–H groups in total. The Kier molecular flexibility index (Phi) is 7.33. The van der Waals surface area contributed by atoms with E-state index in [-0.39, 0.29) is 11.9 Å². The maximum absolute atomic E-state index is 13.5. The summed E-state index contributed by atoms with van der Waals surface area (Å²) < 4.78 is 7.05. The first kappa shape index (κ1) is 25.1. The van der Waals surface area contributed by atoms with Gasteiger partial charge in [0.1, 0.15) is 5.75 Å². The second kappa shape index (κ2) is 10.8. The zero-order chi connectivity index (χ0) is 25.9. The lowest BCUT2D eigenvalue weighted by Crippen LogP contribution is -2.30. The molecule has 0 saturated carbocycles. The Hall–Kier alpha value is -3.58. The van der Waals surface area contributed by atoms with Crippen LogP contribution in [-0.2, 0) is 6.54 Å². The molecule has 3 aromatic carbocycles. The van der Waals surface area contributed by atoms with Gasteiger partial charge in [0.2, 0.25) is 0 Å². The molecule has 0 bridgehead atoms. The van der Waals surface area contributed by atoms with E-state index >= 15 is 0 Å².